The molecular formula is C14H13NO3S. The summed E-state index contributed by atoms with van der Waals surface area (Å²) in [7, 11) is 2.87. The van der Waals surface area contributed by atoms with Crippen molar-refractivity contribution in [1.29, 1.82) is 0 Å². The number of hydrogen-bond donors (Lipinski definition) is 1. The van der Waals surface area contributed by atoms with Crippen LogP contribution in [0.1, 0.15) is 10.4 Å². The summed E-state index contributed by atoms with van der Waals surface area (Å²) in [5.41, 5.74) is 1.96. The number of thiol groups is 1. The smallest absolute Gasteiger partial charge is 0.338 e. The zero-order valence-corrected chi connectivity index (χ0v) is 11.5. The highest BCUT2D eigenvalue weighted by atomic mass is 32.1. The fourth-order valence-electron chi connectivity index (χ4n) is 1.77. The Kier molecular flexibility index (Phi) is 4.06. The number of ether oxygens (including phenoxy) is 2. The van der Waals surface area contributed by atoms with Crippen LogP contribution in [-0.2, 0) is 4.74 Å². The number of rotatable bonds is 3. The maximum Gasteiger partial charge on any atom is 0.338 e. The van der Waals surface area contributed by atoms with E-state index < -0.39 is 5.97 Å². The van der Waals surface area contributed by atoms with Crippen molar-refractivity contribution in [1.82, 2.24) is 4.98 Å². The summed E-state index contributed by atoms with van der Waals surface area (Å²) in [4.78, 5) is 16.6. The van der Waals surface area contributed by atoms with Crippen LogP contribution in [-0.4, -0.2) is 25.2 Å². The zero-order chi connectivity index (χ0) is 13.8. The van der Waals surface area contributed by atoms with Gasteiger partial charge in [-0.2, -0.15) is 0 Å². The van der Waals surface area contributed by atoms with Gasteiger partial charge in [-0.1, -0.05) is 6.07 Å². The summed E-state index contributed by atoms with van der Waals surface area (Å²) < 4.78 is 9.97. The Morgan fingerprint density at radius 1 is 1.32 bits per heavy atom. The van der Waals surface area contributed by atoms with Gasteiger partial charge in [-0.25, -0.2) is 4.79 Å². The van der Waals surface area contributed by atoms with Crippen molar-refractivity contribution in [2.75, 3.05) is 14.2 Å². The molecule has 0 aliphatic carbocycles. The number of esters is 1. The van der Waals surface area contributed by atoms with Crippen molar-refractivity contribution in [2.24, 2.45) is 0 Å². The average molecular weight is 275 g/mol. The SMILES string of the molecule is COC(=O)c1cc(OC)c(S)cc1-c1cccnc1. The molecule has 1 aromatic carbocycles. The lowest BCUT2D eigenvalue weighted by atomic mass is 10.0. The monoisotopic (exact) mass is 275 g/mol. The maximum atomic E-state index is 11.9. The van der Waals surface area contributed by atoms with Crippen LogP contribution in [0.2, 0.25) is 0 Å². The Hall–Kier alpha value is -2.01. The second-order valence-electron chi connectivity index (χ2n) is 3.80. The van der Waals surface area contributed by atoms with Gasteiger partial charge in [-0.15, -0.1) is 12.6 Å². The average Bonchev–Trinajstić information content (AvgIpc) is 2.47. The third-order valence-electron chi connectivity index (χ3n) is 2.70. The molecule has 0 bridgehead atoms. The number of hydrogen-bond acceptors (Lipinski definition) is 5. The maximum absolute atomic E-state index is 11.9. The molecule has 0 fully saturated rings. The largest absolute Gasteiger partial charge is 0.496 e. The quantitative estimate of drug-likeness (QED) is 0.691. The molecule has 4 nitrogen and oxygen atoms in total. The van der Waals surface area contributed by atoms with Crippen LogP contribution in [0.15, 0.2) is 41.6 Å². The van der Waals surface area contributed by atoms with Gasteiger partial charge < -0.3 is 9.47 Å². The van der Waals surface area contributed by atoms with Crippen LogP contribution < -0.4 is 4.74 Å². The van der Waals surface area contributed by atoms with E-state index in [4.69, 9.17) is 9.47 Å². The van der Waals surface area contributed by atoms with E-state index in [-0.39, 0.29) is 0 Å². The van der Waals surface area contributed by atoms with E-state index in [2.05, 4.69) is 17.6 Å². The molecule has 0 atom stereocenters. The molecule has 2 rings (SSSR count). The third kappa shape index (κ3) is 2.71. The van der Waals surface area contributed by atoms with E-state index in [9.17, 15) is 4.79 Å². The second kappa shape index (κ2) is 5.75. The summed E-state index contributed by atoms with van der Waals surface area (Å²) in [6.45, 7) is 0. The summed E-state index contributed by atoms with van der Waals surface area (Å²) >= 11 is 4.35. The van der Waals surface area contributed by atoms with E-state index in [1.165, 1.54) is 14.2 Å². The number of benzene rings is 1. The van der Waals surface area contributed by atoms with Gasteiger partial charge in [0.15, 0.2) is 0 Å². The van der Waals surface area contributed by atoms with Gasteiger partial charge in [0.2, 0.25) is 0 Å². The predicted molar refractivity (Wildman–Crippen MR) is 74.8 cm³/mol. The van der Waals surface area contributed by atoms with Crippen LogP contribution in [0.3, 0.4) is 0 Å². The molecule has 0 aliphatic rings. The first-order chi connectivity index (χ1) is 9.17. The first kappa shape index (κ1) is 13.4. The van der Waals surface area contributed by atoms with Gasteiger partial charge in [-0.3, -0.25) is 4.98 Å². The fourth-order valence-corrected chi connectivity index (χ4v) is 2.06. The summed E-state index contributed by atoms with van der Waals surface area (Å²) in [6.07, 6.45) is 3.36. The molecule has 0 N–H and O–H groups in total. The summed E-state index contributed by atoms with van der Waals surface area (Å²) in [5.74, 6) is 0.0989. The third-order valence-corrected chi connectivity index (χ3v) is 3.05. The van der Waals surface area contributed by atoms with E-state index in [0.717, 1.165) is 5.56 Å². The minimum absolute atomic E-state index is 0.421. The second-order valence-corrected chi connectivity index (χ2v) is 4.28. The zero-order valence-electron chi connectivity index (χ0n) is 10.6. The number of carbonyl (C=O) groups is 1. The van der Waals surface area contributed by atoms with Crippen LogP contribution >= 0.6 is 12.6 Å². The minimum Gasteiger partial charge on any atom is -0.496 e. The minimum atomic E-state index is -0.425. The molecule has 1 heterocycles. The van der Waals surface area contributed by atoms with E-state index >= 15 is 0 Å². The first-order valence-electron chi connectivity index (χ1n) is 5.57. The van der Waals surface area contributed by atoms with Gasteiger partial charge in [0, 0.05) is 22.9 Å². The molecule has 19 heavy (non-hydrogen) atoms. The molecule has 0 spiro atoms. The predicted octanol–water partition coefficient (Wildman–Crippen LogP) is 2.83. The number of carbonyl (C=O) groups excluding carboxylic acids is 1. The van der Waals surface area contributed by atoms with Gasteiger partial charge in [0.25, 0.3) is 0 Å². The van der Waals surface area contributed by atoms with Gasteiger partial charge in [-0.05, 0) is 23.8 Å². The van der Waals surface area contributed by atoms with E-state index in [1.54, 1.807) is 30.6 Å². The molecule has 0 saturated heterocycles. The molecule has 0 amide bonds. The van der Waals surface area contributed by atoms with E-state index in [0.29, 0.717) is 21.8 Å². The lowest BCUT2D eigenvalue weighted by molar-refractivity contribution is 0.0601. The molecular weight excluding hydrogens is 262 g/mol. The van der Waals surface area contributed by atoms with Crippen LogP contribution in [0, 0.1) is 0 Å². The number of pyridine rings is 1. The van der Waals surface area contributed by atoms with Crippen molar-refractivity contribution >= 4 is 18.6 Å². The topological polar surface area (TPSA) is 48.4 Å². The highest BCUT2D eigenvalue weighted by molar-refractivity contribution is 7.80. The Morgan fingerprint density at radius 3 is 2.68 bits per heavy atom. The van der Waals surface area contributed by atoms with Gasteiger partial charge >= 0.3 is 5.97 Å². The lowest BCUT2D eigenvalue weighted by Crippen LogP contribution is -2.04. The highest BCUT2D eigenvalue weighted by Gasteiger charge is 2.16. The Morgan fingerprint density at radius 2 is 2.11 bits per heavy atom. The highest BCUT2D eigenvalue weighted by Crippen LogP contribution is 2.32. The van der Waals surface area contributed by atoms with Crippen molar-refractivity contribution in [3.8, 4) is 16.9 Å². The molecule has 2 aromatic rings. The number of methoxy groups -OCH3 is 2. The molecule has 5 heteroatoms. The van der Waals surface area contributed by atoms with Crippen molar-refractivity contribution in [3.05, 3.63) is 42.2 Å². The van der Waals surface area contributed by atoms with Gasteiger partial charge in [0.05, 0.1) is 19.8 Å². The summed E-state index contributed by atoms with van der Waals surface area (Å²) in [6, 6.07) is 7.06. The Bertz CT molecular complexity index is 599. The fraction of sp³-hybridized carbons (Fsp3) is 0.143. The Balaban J connectivity index is 2.65. The first-order valence-corrected chi connectivity index (χ1v) is 6.01. The molecule has 0 unspecified atom stereocenters. The van der Waals surface area contributed by atoms with Crippen LogP contribution in [0.4, 0.5) is 0 Å². The Labute approximate surface area is 116 Å². The van der Waals surface area contributed by atoms with Crippen molar-refractivity contribution in [2.45, 2.75) is 4.90 Å². The molecule has 0 saturated carbocycles. The number of aromatic nitrogens is 1. The van der Waals surface area contributed by atoms with Crippen molar-refractivity contribution in [3.63, 3.8) is 0 Å². The molecule has 0 radical (unpaired) electrons. The summed E-state index contributed by atoms with van der Waals surface area (Å²) in [5, 5.41) is 0. The molecule has 1 aromatic heterocycles. The van der Waals surface area contributed by atoms with Gasteiger partial charge in [0.1, 0.15) is 5.75 Å². The normalized spacial score (nSPS) is 10.1. The number of nitrogens with zero attached hydrogens (tertiary/aromatic N) is 1. The van der Waals surface area contributed by atoms with E-state index in [1.807, 2.05) is 6.07 Å². The standard InChI is InChI=1S/C14H13NO3S/c1-17-12-6-11(14(16)18-2)10(7-13(12)19)9-4-3-5-15-8-9/h3-8,19H,1-2H3. The lowest BCUT2D eigenvalue weighted by Gasteiger charge is -2.12. The molecule has 98 valence electrons. The van der Waals surface area contributed by atoms with Crippen LogP contribution in [0.5, 0.6) is 5.75 Å². The van der Waals surface area contributed by atoms with Crippen molar-refractivity contribution < 1.29 is 14.3 Å². The molecule has 0 aliphatic heterocycles. The van der Waals surface area contributed by atoms with Crippen LogP contribution in [0.25, 0.3) is 11.1 Å².